The van der Waals surface area contributed by atoms with Gasteiger partial charge in [-0.3, -0.25) is 29.1 Å². The lowest BCUT2D eigenvalue weighted by atomic mass is 9.82. The van der Waals surface area contributed by atoms with Crippen LogP contribution in [0.3, 0.4) is 0 Å². The Hall–Kier alpha value is -2.59. The highest BCUT2D eigenvalue weighted by atomic mass is 32.2. The number of piperidine rings is 1. The molecule has 0 spiro atoms. The van der Waals surface area contributed by atoms with E-state index in [9.17, 15) is 24.3 Å². The molecule has 4 heterocycles. The molecule has 3 aliphatic heterocycles. The second-order valence-electron chi connectivity index (χ2n) is 8.02. The fraction of sp³-hybridized carbons (Fsp3) is 0.429. The number of thioether (sulfide) groups is 1. The van der Waals surface area contributed by atoms with Crippen molar-refractivity contribution in [2.75, 3.05) is 13.1 Å². The number of thiazole rings is 1. The summed E-state index contributed by atoms with van der Waals surface area (Å²) in [7, 11) is 0. The maximum absolute atomic E-state index is 12.9. The first-order valence-corrected chi connectivity index (χ1v) is 12.0. The summed E-state index contributed by atoms with van der Waals surface area (Å²) in [5.74, 6) is -2.26. The van der Waals surface area contributed by atoms with Crippen LogP contribution in [0.4, 0.5) is 0 Å². The minimum Gasteiger partial charge on any atom is -0.508 e. The molecule has 0 radical (unpaired) electrons. The second kappa shape index (κ2) is 7.83. The molecule has 2 N–H and O–H groups in total. The molecule has 2 aromatic rings. The van der Waals surface area contributed by atoms with Crippen LogP contribution in [0.25, 0.3) is 0 Å². The normalized spacial score (nSPS) is 25.2. The van der Waals surface area contributed by atoms with Gasteiger partial charge in [-0.15, -0.1) is 0 Å². The number of hydrogen-bond acceptors (Lipinski definition) is 7. The molecule has 2 fully saturated rings. The Kier molecular flexibility index (Phi) is 5.13. The van der Waals surface area contributed by atoms with Gasteiger partial charge in [0.05, 0.1) is 10.9 Å². The molecule has 3 atom stereocenters. The van der Waals surface area contributed by atoms with E-state index in [2.05, 4.69) is 5.32 Å². The van der Waals surface area contributed by atoms with Crippen molar-refractivity contribution < 1.29 is 19.5 Å². The second-order valence-corrected chi connectivity index (χ2v) is 10.1. The van der Waals surface area contributed by atoms with Gasteiger partial charge in [-0.05, 0) is 25.3 Å². The summed E-state index contributed by atoms with van der Waals surface area (Å²) in [5.41, 5.74) is 0.500. The molecular weight excluding hydrogens is 438 g/mol. The van der Waals surface area contributed by atoms with E-state index in [1.165, 1.54) is 22.4 Å². The minimum absolute atomic E-state index is 0.00745. The van der Waals surface area contributed by atoms with Gasteiger partial charge in [-0.2, -0.15) is 0 Å². The van der Waals surface area contributed by atoms with Crippen molar-refractivity contribution >= 4 is 40.8 Å². The lowest BCUT2D eigenvalue weighted by Crippen LogP contribution is -2.39. The monoisotopic (exact) mass is 459 g/mol. The third kappa shape index (κ3) is 3.38. The maximum atomic E-state index is 12.9. The van der Waals surface area contributed by atoms with Crippen molar-refractivity contribution in [1.29, 1.82) is 0 Å². The number of hydrogen-bond donors (Lipinski definition) is 2. The van der Waals surface area contributed by atoms with Crippen molar-refractivity contribution in [3.05, 3.63) is 44.4 Å². The molecule has 0 saturated carbocycles. The fourth-order valence-corrected chi connectivity index (χ4v) is 7.37. The topological polar surface area (TPSA) is 109 Å². The average Bonchev–Trinajstić information content (AvgIpc) is 3.23. The first kappa shape index (κ1) is 20.3. The molecule has 2 saturated heterocycles. The Labute approximate surface area is 186 Å². The fourth-order valence-electron chi connectivity index (χ4n) is 4.64. The zero-order chi connectivity index (χ0) is 21.7. The van der Waals surface area contributed by atoms with E-state index in [4.69, 9.17) is 0 Å². The van der Waals surface area contributed by atoms with Crippen LogP contribution in [0.1, 0.15) is 35.6 Å². The number of benzene rings is 1. The third-order valence-corrected chi connectivity index (χ3v) is 8.78. The highest BCUT2D eigenvalue weighted by Crippen LogP contribution is 2.52. The Bertz CT molecular complexity index is 1130. The standard InChI is InChI=1S/C21H21N3O5S2/c25-12-7-3-2-6-11(12)14-15-16(19(28)22-18(15)27)30-20-17(14)31-21(29)24(20)10-13(26)23-8-4-1-5-9-23/h2-3,6-7,14-16,25H,1,4-5,8-10H2,(H,22,27,28)/t14-,15?,16?/m0/s1. The van der Waals surface area contributed by atoms with Gasteiger partial charge >= 0.3 is 4.87 Å². The highest BCUT2D eigenvalue weighted by Gasteiger charge is 2.53. The van der Waals surface area contributed by atoms with E-state index < -0.39 is 28.9 Å². The molecule has 10 heteroatoms. The number of carbonyl (C=O) groups is 3. The van der Waals surface area contributed by atoms with E-state index in [1.807, 2.05) is 0 Å². The van der Waals surface area contributed by atoms with Crippen LogP contribution in [0.2, 0.25) is 0 Å². The van der Waals surface area contributed by atoms with Crippen molar-refractivity contribution in [1.82, 2.24) is 14.8 Å². The van der Waals surface area contributed by atoms with Crippen LogP contribution in [-0.2, 0) is 20.9 Å². The molecule has 3 aliphatic rings. The molecule has 8 nitrogen and oxygen atoms in total. The maximum Gasteiger partial charge on any atom is 0.308 e. The van der Waals surface area contributed by atoms with Gasteiger partial charge in [0, 0.05) is 29.4 Å². The molecule has 1 aromatic carbocycles. The number of aromatic hydroxyl groups is 1. The molecule has 0 bridgehead atoms. The third-order valence-electron chi connectivity index (χ3n) is 6.16. The molecule has 1 aromatic heterocycles. The number of rotatable bonds is 3. The Balaban J connectivity index is 1.59. The number of para-hydroxylation sites is 1. The van der Waals surface area contributed by atoms with E-state index in [1.54, 1.807) is 23.1 Å². The van der Waals surface area contributed by atoms with Gasteiger partial charge in [0.15, 0.2) is 0 Å². The molecule has 162 valence electrons. The van der Waals surface area contributed by atoms with Gasteiger partial charge in [-0.1, -0.05) is 41.3 Å². The molecule has 31 heavy (non-hydrogen) atoms. The first-order valence-electron chi connectivity index (χ1n) is 10.3. The average molecular weight is 460 g/mol. The largest absolute Gasteiger partial charge is 0.508 e. The van der Waals surface area contributed by atoms with Gasteiger partial charge in [-0.25, -0.2) is 0 Å². The molecule has 0 aliphatic carbocycles. The summed E-state index contributed by atoms with van der Waals surface area (Å²) in [4.78, 5) is 53.0. The number of nitrogens with one attached hydrogen (secondary N) is 1. The number of phenolic OH excluding ortho intramolecular Hbond substituents is 1. The predicted octanol–water partition coefficient (Wildman–Crippen LogP) is 1.51. The van der Waals surface area contributed by atoms with Crippen molar-refractivity contribution in [2.24, 2.45) is 5.92 Å². The van der Waals surface area contributed by atoms with E-state index in [-0.39, 0.29) is 23.1 Å². The number of carbonyl (C=O) groups excluding carboxylic acids is 3. The van der Waals surface area contributed by atoms with Gasteiger partial charge in [0.25, 0.3) is 0 Å². The molecule has 2 unspecified atom stereocenters. The number of nitrogens with zero attached hydrogens (tertiary/aromatic N) is 2. The summed E-state index contributed by atoms with van der Waals surface area (Å²) in [6.07, 6.45) is 3.01. The van der Waals surface area contributed by atoms with Crippen LogP contribution in [0.5, 0.6) is 5.75 Å². The van der Waals surface area contributed by atoms with E-state index >= 15 is 0 Å². The smallest absolute Gasteiger partial charge is 0.308 e. The van der Waals surface area contributed by atoms with Crippen LogP contribution >= 0.6 is 23.1 Å². The summed E-state index contributed by atoms with van der Waals surface area (Å²) in [6, 6.07) is 6.67. The van der Waals surface area contributed by atoms with Gasteiger partial charge in [0.1, 0.15) is 17.5 Å². The van der Waals surface area contributed by atoms with E-state index in [0.717, 1.165) is 30.6 Å². The van der Waals surface area contributed by atoms with Crippen LogP contribution in [-0.4, -0.2) is 50.6 Å². The van der Waals surface area contributed by atoms with Crippen molar-refractivity contribution in [2.45, 2.75) is 42.0 Å². The molecular formula is C21H21N3O5S2. The van der Waals surface area contributed by atoms with Crippen molar-refractivity contribution in [3.63, 3.8) is 0 Å². The van der Waals surface area contributed by atoms with Crippen LogP contribution < -0.4 is 10.2 Å². The number of imide groups is 1. The van der Waals surface area contributed by atoms with Crippen LogP contribution in [0, 0.1) is 5.92 Å². The van der Waals surface area contributed by atoms with E-state index in [0.29, 0.717) is 28.6 Å². The van der Waals surface area contributed by atoms with Crippen molar-refractivity contribution in [3.8, 4) is 5.75 Å². The first-order chi connectivity index (χ1) is 15.0. The summed E-state index contributed by atoms with van der Waals surface area (Å²) < 4.78 is 1.43. The Morgan fingerprint density at radius 3 is 2.58 bits per heavy atom. The zero-order valence-electron chi connectivity index (χ0n) is 16.6. The van der Waals surface area contributed by atoms with Gasteiger partial charge < -0.3 is 10.0 Å². The lowest BCUT2D eigenvalue weighted by molar-refractivity contribution is -0.133. The Morgan fingerprint density at radius 1 is 1.10 bits per heavy atom. The van der Waals surface area contributed by atoms with Crippen LogP contribution in [0.15, 0.2) is 34.1 Å². The number of fused-ring (bicyclic) bond motifs is 2. The molecule has 5 rings (SSSR count). The Morgan fingerprint density at radius 2 is 1.84 bits per heavy atom. The summed E-state index contributed by atoms with van der Waals surface area (Å²) >= 11 is 2.15. The minimum atomic E-state index is -0.720. The SMILES string of the molecule is O=C1NC(=O)C2C1Sc1c(sc(=O)n1CC(=O)N1CCCCC1)[C@H]2c1ccccc1O. The number of amides is 3. The molecule has 3 amide bonds. The van der Waals surface area contributed by atoms with Gasteiger partial charge in [0.2, 0.25) is 17.7 Å². The zero-order valence-corrected chi connectivity index (χ0v) is 18.2. The predicted molar refractivity (Wildman–Crippen MR) is 115 cm³/mol. The number of aromatic nitrogens is 1. The number of phenols is 1. The number of likely N-dealkylation sites (tertiary alicyclic amines) is 1. The quantitative estimate of drug-likeness (QED) is 0.674. The lowest BCUT2D eigenvalue weighted by Gasteiger charge is -2.31. The summed E-state index contributed by atoms with van der Waals surface area (Å²) in [5, 5.41) is 12.7. The summed E-state index contributed by atoms with van der Waals surface area (Å²) in [6.45, 7) is 1.29. The highest BCUT2D eigenvalue weighted by molar-refractivity contribution is 8.00.